The molecule has 0 N–H and O–H groups in total. The van der Waals surface area contributed by atoms with Crippen LogP contribution >= 0.6 is 15.9 Å². The van der Waals surface area contributed by atoms with Crippen molar-refractivity contribution in [1.29, 1.82) is 0 Å². The predicted octanol–water partition coefficient (Wildman–Crippen LogP) is 9.09. The topological polar surface area (TPSA) is 60.4 Å². The Labute approximate surface area is 257 Å². The molecule has 0 amide bonds. The van der Waals surface area contributed by atoms with Crippen LogP contribution in [0.4, 0.5) is 0 Å². The lowest BCUT2D eigenvalue weighted by Crippen LogP contribution is -2.67. The number of hydrogen-bond donors (Lipinski definition) is 0. The smallest absolute Gasteiger partial charge is 0.307 e. The SMILES string of the molecule is C=C(C)C1CC[C@]2(C=O)CC[C@]3(C)C(CCC4[C@@]5(C)CC[C@H](OC(=O)CC(C)(C)C(=O)Br)C(C)(C)C5CC[C@]43C)C12. The highest BCUT2D eigenvalue weighted by Gasteiger charge is 2.71. The first-order valence-corrected chi connectivity index (χ1v) is 17.2. The highest BCUT2D eigenvalue weighted by molar-refractivity contribution is 9.18. The first-order chi connectivity index (χ1) is 18.9. The molecule has 41 heavy (non-hydrogen) atoms. The van der Waals surface area contributed by atoms with Crippen LogP contribution in [0.25, 0.3) is 0 Å². The molecule has 230 valence electrons. The summed E-state index contributed by atoms with van der Waals surface area (Å²) in [5.74, 6) is 2.36. The zero-order valence-corrected chi connectivity index (χ0v) is 28.6. The third-order valence-electron chi connectivity index (χ3n) is 14.7. The summed E-state index contributed by atoms with van der Waals surface area (Å²) in [7, 11) is 0. The zero-order valence-electron chi connectivity index (χ0n) is 27.0. The van der Waals surface area contributed by atoms with Gasteiger partial charge in [-0.1, -0.05) is 60.6 Å². The molecule has 5 aliphatic carbocycles. The van der Waals surface area contributed by atoms with E-state index in [9.17, 15) is 14.4 Å². The van der Waals surface area contributed by atoms with Gasteiger partial charge in [0.2, 0.25) is 4.69 Å². The number of esters is 1. The van der Waals surface area contributed by atoms with Crippen LogP contribution in [0.3, 0.4) is 0 Å². The van der Waals surface area contributed by atoms with E-state index in [0.717, 1.165) is 44.9 Å². The summed E-state index contributed by atoms with van der Waals surface area (Å²) in [6.45, 7) is 22.7. The summed E-state index contributed by atoms with van der Waals surface area (Å²) in [4.78, 5) is 37.7. The van der Waals surface area contributed by atoms with Crippen molar-refractivity contribution in [3.63, 3.8) is 0 Å². The highest BCUT2D eigenvalue weighted by atomic mass is 79.9. The second-order valence-electron chi connectivity index (χ2n) is 17.2. The summed E-state index contributed by atoms with van der Waals surface area (Å²) in [6, 6.07) is 0. The first kappa shape index (κ1) is 31.5. The number of aldehydes is 1. The third-order valence-corrected chi connectivity index (χ3v) is 15.8. The van der Waals surface area contributed by atoms with E-state index in [-0.39, 0.29) is 50.3 Å². The number of rotatable bonds is 6. The fourth-order valence-electron chi connectivity index (χ4n) is 12.2. The number of carbonyl (C=O) groups excluding carboxylic acids is 3. The number of hydrogen-bond acceptors (Lipinski definition) is 4. The zero-order chi connectivity index (χ0) is 30.4. The van der Waals surface area contributed by atoms with Gasteiger partial charge in [-0.05, 0) is 133 Å². The first-order valence-electron chi connectivity index (χ1n) is 16.4. The minimum absolute atomic E-state index is 0.0979. The molecule has 0 aliphatic heterocycles. The Kier molecular flexibility index (Phi) is 7.69. The lowest BCUT2D eigenvalue weighted by atomic mass is 9.32. The van der Waals surface area contributed by atoms with Gasteiger partial charge in [-0.25, -0.2) is 0 Å². The van der Waals surface area contributed by atoms with E-state index in [2.05, 4.69) is 64.1 Å². The minimum Gasteiger partial charge on any atom is -0.462 e. The van der Waals surface area contributed by atoms with Crippen LogP contribution < -0.4 is 0 Å². The quantitative estimate of drug-likeness (QED) is 0.127. The van der Waals surface area contributed by atoms with Gasteiger partial charge in [0.05, 0.1) is 6.42 Å². The standard InChI is InChI=1S/C36H55BrO4/c1-22(2)23-12-17-36(21-38)19-18-34(8)24(29(23)36)10-11-26-33(7)15-14-27(41-28(39)20-31(3,4)30(37)40)32(5,6)25(33)13-16-35(26,34)9/h21,23-27,29H,1,10-20H2,2-9H3/t23?,24?,25?,26?,27-,29?,33-,34+,35+,36+/m0/s1. The van der Waals surface area contributed by atoms with Crippen LogP contribution in [0.15, 0.2) is 12.2 Å². The summed E-state index contributed by atoms with van der Waals surface area (Å²) < 4.78 is 6.05. The fraction of sp³-hybridized carbons (Fsp3) is 0.861. The van der Waals surface area contributed by atoms with Gasteiger partial charge in [0.1, 0.15) is 12.4 Å². The average Bonchev–Trinajstić information content (AvgIpc) is 3.26. The summed E-state index contributed by atoms with van der Waals surface area (Å²) in [5.41, 5.74) is 0.898. The molecule has 5 heteroatoms. The highest BCUT2D eigenvalue weighted by Crippen LogP contribution is 2.77. The Morgan fingerprint density at radius 2 is 1.59 bits per heavy atom. The van der Waals surface area contributed by atoms with Crippen LogP contribution in [0.1, 0.15) is 126 Å². The van der Waals surface area contributed by atoms with Gasteiger partial charge in [-0.3, -0.25) is 9.59 Å². The fourth-order valence-corrected chi connectivity index (χ4v) is 12.4. The molecule has 0 spiro atoms. The van der Waals surface area contributed by atoms with E-state index in [0.29, 0.717) is 29.6 Å². The van der Waals surface area contributed by atoms with Gasteiger partial charge in [0.15, 0.2) is 0 Å². The van der Waals surface area contributed by atoms with Crippen LogP contribution in [0.2, 0.25) is 0 Å². The second kappa shape index (κ2) is 10.0. The van der Waals surface area contributed by atoms with Crippen LogP contribution in [0.5, 0.6) is 0 Å². The van der Waals surface area contributed by atoms with E-state index in [1.54, 1.807) is 13.8 Å². The molecule has 5 rings (SSSR count). The van der Waals surface area contributed by atoms with Crippen LogP contribution in [-0.2, 0) is 19.1 Å². The molecule has 0 heterocycles. The van der Waals surface area contributed by atoms with Crippen molar-refractivity contribution in [3.8, 4) is 0 Å². The van der Waals surface area contributed by atoms with E-state index in [1.165, 1.54) is 31.1 Å². The van der Waals surface area contributed by atoms with Gasteiger partial charge in [0.25, 0.3) is 0 Å². The maximum atomic E-state index is 13.0. The van der Waals surface area contributed by atoms with Crippen LogP contribution in [0, 0.1) is 62.1 Å². The molecule has 0 bridgehead atoms. The molecule has 0 aromatic rings. The molecule has 5 unspecified atom stereocenters. The maximum absolute atomic E-state index is 13.0. The molecule has 0 radical (unpaired) electrons. The number of allylic oxidation sites excluding steroid dienone is 1. The van der Waals surface area contributed by atoms with E-state index < -0.39 is 5.41 Å². The molecular weight excluding hydrogens is 576 g/mol. The Morgan fingerprint density at radius 1 is 0.902 bits per heavy atom. The molecule has 5 aliphatic rings. The Hall–Kier alpha value is -0.970. The number of ether oxygens (including phenoxy) is 1. The third kappa shape index (κ3) is 4.42. The Balaban J connectivity index is 1.41. The normalized spacial score (nSPS) is 46.8. The molecule has 0 aromatic carbocycles. The lowest BCUT2D eigenvalue weighted by Gasteiger charge is -2.72. The van der Waals surface area contributed by atoms with Crippen molar-refractivity contribution in [2.75, 3.05) is 0 Å². The van der Waals surface area contributed by atoms with Crippen molar-refractivity contribution >= 4 is 32.9 Å². The van der Waals surface area contributed by atoms with Crippen molar-refractivity contribution in [2.24, 2.45) is 62.1 Å². The van der Waals surface area contributed by atoms with E-state index in [1.807, 2.05) is 0 Å². The van der Waals surface area contributed by atoms with E-state index >= 15 is 0 Å². The summed E-state index contributed by atoms with van der Waals surface area (Å²) in [6.07, 6.45) is 12.5. The van der Waals surface area contributed by atoms with Crippen LogP contribution in [-0.4, -0.2) is 23.1 Å². The molecular formula is C36H55BrO4. The van der Waals surface area contributed by atoms with Crippen molar-refractivity contribution in [1.82, 2.24) is 0 Å². The molecule has 5 saturated carbocycles. The van der Waals surface area contributed by atoms with Gasteiger partial charge in [-0.15, -0.1) is 0 Å². The lowest BCUT2D eigenvalue weighted by molar-refractivity contribution is -0.248. The predicted molar refractivity (Wildman–Crippen MR) is 167 cm³/mol. The minimum atomic E-state index is -0.769. The molecule has 4 nitrogen and oxygen atoms in total. The monoisotopic (exact) mass is 630 g/mol. The van der Waals surface area contributed by atoms with Gasteiger partial charge >= 0.3 is 5.97 Å². The van der Waals surface area contributed by atoms with Crippen molar-refractivity contribution in [3.05, 3.63) is 12.2 Å². The maximum Gasteiger partial charge on any atom is 0.307 e. The van der Waals surface area contributed by atoms with E-state index in [4.69, 9.17) is 4.74 Å². The second-order valence-corrected chi connectivity index (χ2v) is 17.9. The van der Waals surface area contributed by atoms with Gasteiger partial charge in [-0.2, -0.15) is 0 Å². The van der Waals surface area contributed by atoms with Gasteiger partial charge in [0, 0.05) is 16.2 Å². The van der Waals surface area contributed by atoms with Crippen molar-refractivity contribution < 1.29 is 19.1 Å². The van der Waals surface area contributed by atoms with Gasteiger partial charge < -0.3 is 9.53 Å². The average molecular weight is 632 g/mol. The largest absolute Gasteiger partial charge is 0.462 e. The molecule has 0 aromatic heterocycles. The number of fused-ring (bicyclic) bond motifs is 7. The van der Waals surface area contributed by atoms with Crippen molar-refractivity contribution in [2.45, 2.75) is 132 Å². The molecule has 10 atom stereocenters. The Morgan fingerprint density at radius 3 is 2.20 bits per heavy atom. The number of halogens is 1. The Bertz CT molecular complexity index is 1120. The summed E-state index contributed by atoms with van der Waals surface area (Å²) >= 11 is 3.05. The molecule has 5 fully saturated rings. The number of carbonyl (C=O) groups is 3. The molecule has 0 saturated heterocycles. The summed E-state index contributed by atoms with van der Waals surface area (Å²) in [5, 5.41) is 0.